The van der Waals surface area contributed by atoms with Crippen molar-refractivity contribution in [3.05, 3.63) is 65.5 Å². The Balaban J connectivity index is 1.61. The second kappa shape index (κ2) is 6.92. The number of carbonyl (C=O) groups excluding carboxylic acids is 1. The molecule has 0 N–H and O–H groups in total. The normalized spacial score (nSPS) is 15.3. The van der Waals surface area contributed by atoms with E-state index < -0.39 is 0 Å². The van der Waals surface area contributed by atoms with Gasteiger partial charge in [-0.05, 0) is 43.1 Å². The Morgan fingerprint density at radius 2 is 2.04 bits per heavy atom. The first kappa shape index (κ1) is 15.7. The molecule has 3 rings (SSSR count). The van der Waals surface area contributed by atoms with Gasteiger partial charge in [-0.15, -0.1) is 0 Å². The zero-order valence-electron chi connectivity index (χ0n) is 13.8. The standard InChI is InChI=1S/C19H23N3O/c1-15(17-8-5-10-20-12-17)21(2)14-19(23)22-11-9-16-6-3-4-7-18(16)13-22/h3-8,10,12,15H,9,11,13-14H2,1-2H3/t15-/m0/s1. The fourth-order valence-electron chi connectivity index (χ4n) is 3.04. The number of fused-ring (bicyclic) bond motifs is 1. The van der Waals surface area contributed by atoms with Gasteiger partial charge < -0.3 is 4.90 Å². The molecule has 1 aliphatic heterocycles. The molecular formula is C19H23N3O. The average molecular weight is 309 g/mol. The van der Waals surface area contributed by atoms with Gasteiger partial charge in [-0.2, -0.15) is 0 Å². The maximum atomic E-state index is 12.6. The summed E-state index contributed by atoms with van der Waals surface area (Å²) in [5.41, 5.74) is 3.77. The van der Waals surface area contributed by atoms with Crippen LogP contribution in [0.4, 0.5) is 0 Å². The van der Waals surface area contributed by atoms with Crippen molar-refractivity contribution in [1.29, 1.82) is 0 Å². The molecule has 0 fully saturated rings. The number of hydrogen-bond acceptors (Lipinski definition) is 3. The van der Waals surface area contributed by atoms with Gasteiger partial charge in [0.1, 0.15) is 0 Å². The predicted molar refractivity (Wildman–Crippen MR) is 90.8 cm³/mol. The van der Waals surface area contributed by atoms with Gasteiger partial charge in [-0.3, -0.25) is 14.7 Å². The summed E-state index contributed by atoms with van der Waals surface area (Å²) in [4.78, 5) is 20.8. The lowest BCUT2D eigenvalue weighted by atomic mass is 10.00. The molecule has 1 aromatic carbocycles. The smallest absolute Gasteiger partial charge is 0.237 e. The molecule has 0 saturated heterocycles. The average Bonchev–Trinajstić information content (AvgIpc) is 2.61. The number of pyridine rings is 1. The summed E-state index contributed by atoms with van der Waals surface area (Å²) >= 11 is 0. The van der Waals surface area contributed by atoms with Gasteiger partial charge >= 0.3 is 0 Å². The van der Waals surface area contributed by atoms with E-state index >= 15 is 0 Å². The van der Waals surface area contributed by atoms with Crippen LogP contribution in [0.1, 0.15) is 29.7 Å². The van der Waals surface area contributed by atoms with E-state index in [0.717, 1.165) is 25.1 Å². The zero-order valence-corrected chi connectivity index (χ0v) is 13.8. The number of nitrogens with zero attached hydrogens (tertiary/aromatic N) is 3. The molecule has 0 spiro atoms. The number of rotatable bonds is 4. The first-order valence-electron chi connectivity index (χ1n) is 8.10. The molecule has 120 valence electrons. The first-order valence-corrected chi connectivity index (χ1v) is 8.10. The van der Waals surface area contributed by atoms with Gasteiger partial charge in [0.25, 0.3) is 0 Å². The fourth-order valence-corrected chi connectivity index (χ4v) is 3.04. The lowest BCUT2D eigenvalue weighted by molar-refractivity contribution is -0.133. The van der Waals surface area contributed by atoms with Crippen LogP contribution in [0.25, 0.3) is 0 Å². The molecule has 1 aliphatic rings. The Bertz CT molecular complexity index is 671. The summed E-state index contributed by atoms with van der Waals surface area (Å²) in [6.45, 7) is 4.07. The number of likely N-dealkylation sites (N-methyl/N-ethyl adjacent to an activating group) is 1. The molecule has 2 aromatic rings. The van der Waals surface area contributed by atoms with E-state index in [9.17, 15) is 4.79 Å². The number of carbonyl (C=O) groups is 1. The van der Waals surface area contributed by atoms with Gasteiger partial charge in [0.2, 0.25) is 5.91 Å². The van der Waals surface area contributed by atoms with Crippen LogP contribution >= 0.6 is 0 Å². The van der Waals surface area contributed by atoms with Crippen LogP contribution in [-0.2, 0) is 17.8 Å². The van der Waals surface area contributed by atoms with Gasteiger partial charge in [0.15, 0.2) is 0 Å². The van der Waals surface area contributed by atoms with Crippen LogP contribution < -0.4 is 0 Å². The van der Waals surface area contributed by atoms with E-state index in [1.54, 1.807) is 6.20 Å². The van der Waals surface area contributed by atoms with Crippen LogP contribution in [0.15, 0.2) is 48.8 Å². The van der Waals surface area contributed by atoms with E-state index in [1.807, 2.05) is 30.3 Å². The lowest BCUT2D eigenvalue weighted by Crippen LogP contribution is -2.42. The monoisotopic (exact) mass is 309 g/mol. The first-order chi connectivity index (χ1) is 11.1. The summed E-state index contributed by atoms with van der Waals surface area (Å²) < 4.78 is 0. The lowest BCUT2D eigenvalue weighted by Gasteiger charge is -2.32. The molecule has 0 aliphatic carbocycles. The Morgan fingerprint density at radius 3 is 2.78 bits per heavy atom. The molecular weight excluding hydrogens is 286 g/mol. The highest BCUT2D eigenvalue weighted by molar-refractivity contribution is 5.78. The molecule has 0 bridgehead atoms. The highest BCUT2D eigenvalue weighted by Crippen LogP contribution is 2.20. The SMILES string of the molecule is C[C@@H](c1cccnc1)N(C)CC(=O)N1CCc2ccccc2C1. The van der Waals surface area contributed by atoms with Gasteiger partial charge in [0.05, 0.1) is 6.54 Å². The van der Waals surface area contributed by atoms with E-state index in [-0.39, 0.29) is 11.9 Å². The molecule has 0 radical (unpaired) electrons. The third kappa shape index (κ3) is 3.59. The summed E-state index contributed by atoms with van der Waals surface area (Å²) in [5, 5.41) is 0. The quantitative estimate of drug-likeness (QED) is 0.871. The van der Waals surface area contributed by atoms with Crippen molar-refractivity contribution in [2.75, 3.05) is 20.1 Å². The molecule has 0 saturated carbocycles. The minimum absolute atomic E-state index is 0.171. The van der Waals surface area contributed by atoms with Gasteiger partial charge in [-0.1, -0.05) is 30.3 Å². The summed E-state index contributed by atoms with van der Waals surface area (Å²) in [5.74, 6) is 0.192. The number of benzene rings is 1. The summed E-state index contributed by atoms with van der Waals surface area (Å²) in [7, 11) is 1.99. The zero-order chi connectivity index (χ0) is 16.2. The number of hydrogen-bond donors (Lipinski definition) is 0. The minimum atomic E-state index is 0.171. The van der Waals surface area contributed by atoms with Gasteiger partial charge in [-0.25, -0.2) is 0 Å². The second-order valence-electron chi connectivity index (χ2n) is 6.21. The Kier molecular flexibility index (Phi) is 4.72. The van der Waals surface area contributed by atoms with Crippen molar-refractivity contribution in [2.24, 2.45) is 0 Å². The van der Waals surface area contributed by atoms with Crippen LogP contribution in [0, 0.1) is 0 Å². The predicted octanol–water partition coefficient (Wildman–Crippen LogP) is 2.66. The van der Waals surface area contributed by atoms with Crippen LogP contribution in [0.3, 0.4) is 0 Å². The Hall–Kier alpha value is -2.20. The fraction of sp³-hybridized carbons (Fsp3) is 0.368. The largest absolute Gasteiger partial charge is 0.337 e. The third-order valence-corrected chi connectivity index (χ3v) is 4.70. The second-order valence-corrected chi connectivity index (χ2v) is 6.21. The highest BCUT2D eigenvalue weighted by atomic mass is 16.2. The van der Waals surface area contributed by atoms with Crippen molar-refractivity contribution in [3.63, 3.8) is 0 Å². The third-order valence-electron chi connectivity index (χ3n) is 4.70. The van der Waals surface area contributed by atoms with Gasteiger partial charge in [0, 0.05) is 31.5 Å². The molecule has 2 heterocycles. The van der Waals surface area contributed by atoms with E-state index in [0.29, 0.717) is 6.54 Å². The number of aromatic nitrogens is 1. The molecule has 4 heteroatoms. The molecule has 1 atom stereocenters. The molecule has 1 amide bonds. The van der Waals surface area contributed by atoms with E-state index in [4.69, 9.17) is 0 Å². The van der Waals surface area contributed by atoms with Crippen LogP contribution in [0.2, 0.25) is 0 Å². The minimum Gasteiger partial charge on any atom is -0.337 e. The summed E-state index contributed by atoms with van der Waals surface area (Å²) in [6, 6.07) is 12.6. The van der Waals surface area contributed by atoms with E-state index in [1.165, 1.54) is 11.1 Å². The van der Waals surface area contributed by atoms with Crippen molar-refractivity contribution in [2.45, 2.75) is 25.9 Å². The molecule has 4 nitrogen and oxygen atoms in total. The number of amides is 1. The van der Waals surface area contributed by atoms with E-state index in [2.05, 4.69) is 41.1 Å². The van der Waals surface area contributed by atoms with Crippen molar-refractivity contribution in [3.8, 4) is 0 Å². The van der Waals surface area contributed by atoms with Crippen molar-refractivity contribution < 1.29 is 4.79 Å². The Morgan fingerprint density at radius 1 is 1.26 bits per heavy atom. The molecule has 0 unspecified atom stereocenters. The molecule has 23 heavy (non-hydrogen) atoms. The van der Waals surface area contributed by atoms with Crippen molar-refractivity contribution >= 4 is 5.91 Å². The van der Waals surface area contributed by atoms with Crippen molar-refractivity contribution in [1.82, 2.24) is 14.8 Å². The highest BCUT2D eigenvalue weighted by Gasteiger charge is 2.23. The topological polar surface area (TPSA) is 36.4 Å². The van der Waals surface area contributed by atoms with Crippen LogP contribution in [-0.4, -0.2) is 40.8 Å². The maximum Gasteiger partial charge on any atom is 0.237 e. The summed E-state index contributed by atoms with van der Waals surface area (Å²) in [6.07, 6.45) is 4.58. The Labute approximate surface area is 137 Å². The maximum absolute atomic E-state index is 12.6. The molecule has 1 aromatic heterocycles. The van der Waals surface area contributed by atoms with Crippen LogP contribution in [0.5, 0.6) is 0 Å².